The zero-order valence-electron chi connectivity index (χ0n) is 14.7. The summed E-state index contributed by atoms with van der Waals surface area (Å²) < 4.78 is 117. The third-order valence-electron chi connectivity index (χ3n) is 4.72. The van der Waals surface area contributed by atoms with Crippen molar-refractivity contribution in [3.8, 4) is 0 Å². The van der Waals surface area contributed by atoms with Gasteiger partial charge in [-0.25, -0.2) is 17.2 Å². The smallest absolute Gasteiger partial charge is 0.260 e. The maximum atomic E-state index is 14.5. The Balaban J connectivity index is 2.07. The van der Waals surface area contributed by atoms with Crippen molar-refractivity contribution < 1.29 is 43.0 Å². The van der Waals surface area contributed by atoms with Crippen LogP contribution in [0.2, 0.25) is 5.02 Å². The number of sulfone groups is 1. The molecule has 0 aliphatic heterocycles. The van der Waals surface area contributed by atoms with Gasteiger partial charge in [-0.3, -0.25) is 4.18 Å². The highest BCUT2D eigenvalue weighted by Crippen LogP contribution is 2.53. The van der Waals surface area contributed by atoms with E-state index in [2.05, 4.69) is 4.18 Å². The Morgan fingerprint density at radius 2 is 1.53 bits per heavy atom. The van der Waals surface area contributed by atoms with Crippen LogP contribution in [-0.4, -0.2) is 28.4 Å². The van der Waals surface area contributed by atoms with Crippen molar-refractivity contribution in [1.29, 1.82) is 0 Å². The minimum Gasteiger partial charge on any atom is -0.260 e. The Kier molecular flexibility index (Phi) is 5.68. The van der Waals surface area contributed by atoms with Crippen LogP contribution in [0.4, 0.5) is 22.0 Å². The van der Waals surface area contributed by atoms with Gasteiger partial charge in [-0.15, -0.1) is 0 Å². The molecule has 2 aromatic rings. The molecule has 0 spiro atoms. The molecule has 0 heterocycles. The van der Waals surface area contributed by atoms with Crippen LogP contribution in [0.3, 0.4) is 0 Å². The van der Waals surface area contributed by atoms with Crippen LogP contribution in [0.1, 0.15) is 18.4 Å². The van der Waals surface area contributed by atoms with E-state index in [4.69, 9.17) is 11.6 Å². The maximum absolute atomic E-state index is 14.5. The highest BCUT2D eigenvalue weighted by molar-refractivity contribution is 7.92. The van der Waals surface area contributed by atoms with Gasteiger partial charge in [-0.1, -0.05) is 11.6 Å². The van der Waals surface area contributed by atoms with Gasteiger partial charge in [0, 0.05) is 10.6 Å². The fourth-order valence-corrected chi connectivity index (χ4v) is 6.18. The van der Waals surface area contributed by atoms with Crippen LogP contribution in [-0.2, 0) is 28.9 Å². The number of halogens is 6. The van der Waals surface area contributed by atoms with Crippen LogP contribution < -0.4 is 0 Å². The average Bonchev–Trinajstić information content (AvgIpc) is 2.59. The first-order valence-corrected chi connectivity index (χ1v) is 11.4. The van der Waals surface area contributed by atoms with Crippen LogP contribution in [0.5, 0.6) is 0 Å². The normalized spacial score (nSPS) is 22.5. The Labute approximate surface area is 173 Å². The molecule has 5 nitrogen and oxygen atoms in total. The monoisotopic (exact) mass is 490 g/mol. The van der Waals surface area contributed by atoms with Crippen LogP contribution in [0, 0.1) is 11.6 Å². The third kappa shape index (κ3) is 3.81. The first-order valence-electron chi connectivity index (χ1n) is 8.15. The van der Waals surface area contributed by atoms with E-state index in [0.717, 1.165) is 18.2 Å². The predicted molar refractivity (Wildman–Crippen MR) is 95.8 cm³/mol. The number of rotatable bonds is 5. The van der Waals surface area contributed by atoms with Gasteiger partial charge in [-0.2, -0.15) is 21.6 Å². The summed E-state index contributed by atoms with van der Waals surface area (Å²) in [6, 6.07) is 6.66. The minimum atomic E-state index is -6.00. The number of hydrogen-bond donors (Lipinski definition) is 0. The van der Waals surface area contributed by atoms with E-state index >= 15 is 0 Å². The molecule has 0 saturated heterocycles. The van der Waals surface area contributed by atoms with Gasteiger partial charge < -0.3 is 0 Å². The summed E-state index contributed by atoms with van der Waals surface area (Å²) >= 11 is 5.73. The minimum absolute atomic E-state index is 0.186. The van der Waals surface area contributed by atoms with E-state index in [1.807, 2.05) is 0 Å². The molecule has 1 aliphatic carbocycles. The molecular weight excluding hydrogens is 479 g/mol. The second-order valence-electron chi connectivity index (χ2n) is 6.60. The van der Waals surface area contributed by atoms with Gasteiger partial charge in [0.2, 0.25) is 0 Å². The maximum Gasteiger partial charge on any atom is 0.523 e. The molecule has 1 fully saturated rings. The number of alkyl halides is 3. The summed E-state index contributed by atoms with van der Waals surface area (Å²) in [5.41, 5.74) is -6.36. The first-order chi connectivity index (χ1) is 13.7. The highest BCUT2D eigenvalue weighted by Gasteiger charge is 2.60. The van der Waals surface area contributed by atoms with Gasteiger partial charge in [0.1, 0.15) is 16.4 Å². The molecule has 1 aliphatic rings. The molecule has 0 N–H and O–H groups in total. The lowest BCUT2D eigenvalue weighted by Gasteiger charge is -2.46. The van der Waals surface area contributed by atoms with Crippen molar-refractivity contribution in [1.82, 2.24) is 0 Å². The molecule has 0 amide bonds. The summed E-state index contributed by atoms with van der Waals surface area (Å²) in [6.45, 7) is 0. The quantitative estimate of drug-likeness (QED) is 0.354. The zero-order valence-corrected chi connectivity index (χ0v) is 17.0. The summed E-state index contributed by atoms with van der Waals surface area (Å²) in [4.78, 5) is -0.354. The van der Waals surface area contributed by atoms with E-state index < -0.39 is 66.4 Å². The summed E-state index contributed by atoms with van der Waals surface area (Å²) in [5.74, 6) is -2.10. The van der Waals surface area contributed by atoms with E-state index in [9.17, 15) is 38.8 Å². The molecular formula is C17H12ClF5O5S2. The lowest BCUT2D eigenvalue weighted by atomic mass is 9.76. The molecule has 2 aromatic carbocycles. The van der Waals surface area contributed by atoms with Crippen molar-refractivity contribution in [2.75, 3.05) is 0 Å². The summed E-state index contributed by atoms with van der Waals surface area (Å²) in [5, 5.41) is 0.186. The van der Waals surface area contributed by atoms with Crippen molar-refractivity contribution in [3.63, 3.8) is 0 Å². The molecule has 164 valence electrons. The fraction of sp³-hybridized carbons (Fsp3) is 0.294. The summed E-state index contributed by atoms with van der Waals surface area (Å²) in [6.07, 6.45) is -3.39. The first kappa shape index (κ1) is 22.9. The van der Waals surface area contributed by atoms with E-state index in [1.54, 1.807) is 0 Å². The molecule has 0 aromatic heterocycles. The van der Waals surface area contributed by atoms with E-state index in [-0.39, 0.29) is 9.92 Å². The Morgan fingerprint density at radius 3 is 2.07 bits per heavy atom. The number of benzene rings is 2. The molecule has 0 bridgehead atoms. The SMILES string of the molecule is O=S(=O)(O[C@H]1C[C@](c2cc(F)ccc2F)(S(=O)(=O)c2ccc(Cl)cc2)C1)C(F)(F)F. The topological polar surface area (TPSA) is 77.5 Å². The van der Waals surface area contributed by atoms with Gasteiger partial charge in [-0.05, 0) is 55.3 Å². The molecule has 30 heavy (non-hydrogen) atoms. The van der Waals surface area contributed by atoms with Gasteiger partial charge >= 0.3 is 15.6 Å². The zero-order chi connectivity index (χ0) is 22.5. The third-order valence-corrected chi connectivity index (χ3v) is 8.54. The second kappa shape index (κ2) is 7.43. The van der Waals surface area contributed by atoms with E-state index in [1.165, 1.54) is 12.1 Å². The second-order valence-corrected chi connectivity index (χ2v) is 10.9. The van der Waals surface area contributed by atoms with Crippen LogP contribution in [0.15, 0.2) is 47.4 Å². The molecule has 0 atom stereocenters. The van der Waals surface area contributed by atoms with Crippen LogP contribution >= 0.6 is 11.6 Å². The standard InChI is InChI=1S/C17H12ClF5O5S2/c18-10-1-4-13(5-2-10)29(24,25)16(14-7-11(19)3-6-15(14)20)8-12(9-16)28-30(26,27)17(21,22)23/h1-7,12H,8-9H2/t12-,16-. The molecule has 0 unspecified atom stereocenters. The lowest BCUT2D eigenvalue weighted by Crippen LogP contribution is -2.53. The Bertz CT molecular complexity index is 1170. The predicted octanol–water partition coefficient (Wildman–Crippen LogP) is 4.32. The molecule has 0 radical (unpaired) electrons. The molecule has 13 heteroatoms. The highest BCUT2D eigenvalue weighted by atomic mass is 35.5. The Hall–Kier alpha value is -1.76. The molecule has 1 saturated carbocycles. The van der Waals surface area contributed by atoms with Crippen molar-refractivity contribution in [2.24, 2.45) is 0 Å². The van der Waals surface area contributed by atoms with Gasteiger partial charge in [0.25, 0.3) is 0 Å². The van der Waals surface area contributed by atoms with E-state index in [0.29, 0.717) is 12.1 Å². The van der Waals surface area contributed by atoms with Crippen molar-refractivity contribution in [3.05, 3.63) is 64.7 Å². The average molecular weight is 491 g/mol. The number of hydrogen-bond acceptors (Lipinski definition) is 5. The summed E-state index contributed by atoms with van der Waals surface area (Å²) in [7, 11) is -10.5. The van der Waals surface area contributed by atoms with Crippen molar-refractivity contribution >= 4 is 31.6 Å². The van der Waals surface area contributed by atoms with Crippen LogP contribution in [0.25, 0.3) is 0 Å². The van der Waals surface area contributed by atoms with Gasteiger partial charge in [0.05, 0.1) is 11.0 Å². The fourth-order valence-electron chi connectivity index (χ4n) is 3.25. The largest absolute Gasteiger partial charge is 0.523 e. The lowest BCUT2D eigenvalue weighted by molar-refractivity contribution is -0.0624. The van der Waals surface area contributed by atoms with Gasteiger partial charge in [0.15, 0.2) is 9.84 Å². The van der Waals surface area contributed by atoms with Crippen molar-refractivity contribution in [2.45, 2.75) is 34.1 Å². The Morgan fingerprint density at radius 1 is 0.967 bits per heavy atom. The molecule has 3 rings (SSSR count).